The van der Waals surface area contributed by atoms with Gasteiger partial charge in [0.1, 0.15) is 0 Å². The van der Waals surface area contributed by atoms with Crippen molar-refractivity contribution in [3.63, 3.8) is 0 Å². The maximum Gasteiger partial charge on any atom is 0.356 e. The Hall–Kier alpha value is -1.78. The summed E-state index contributed by atoms with van der Waals surface area (Å²) < 4.78 is 18.5. The molecule has 1 fully saturated rings. The van der Waals surface area contributed by atoms with Crippen LogP contribution >= 0.6 is 7.60 Å². The van der Waals surface area contributed by atoms with Gasteiger partial charge in [-0.3, -0.25) is 14.3 Å². The molecule has 0 aliphatic heterocycles. The van der Waals surface area contributed by atoms with Crippen molar-refractivity contribution < 1.29 is 24.2 Å². The molecule has 1 saturated carbocycles. The van der Waals surface area contributed by atoms with Gasteiger partial charge >= 0.3 is 7.60 Å². The third-order valence-corrected chi connectivity index (χ3v) is 6.21. The summed E-state index contributed by atoms with van der Waals surface area (Å²) in [7, 11) is -4.28. The number of nitrogens with two attached hydrogens (primary N) is 1. The predicted octanol–water partition coefficient (Wildman–Crippen LogP) is -0.588. The van der Waals surface area contributed by atoms with Crippen molar-refractivity contribution in [2.24, 2.45) is 11.8 Å². The number of nitrogens with one attached hydrogen (secondary N) is 1. The highest BCUT2D eigenvalue weighted by Crippen LogP contribution is 2.58. The Morgan fingerprint density at radius 1 is 1.60 bits per heavy atom. The Kier molecular flexibility index (Phi) is 4.69. The second-order valence-electron chi connectivity index (χ2n) is 5.99. The van der Waals surface area contributed by atoms with Crippen LogP contribution in [0.5, 0.6) is 0 Å². The van der Waals surface area contributed by atoms with Crippen LogP contribution in [0.2, 0.25) is 0 Å². The van der Waals surface area contributed by atoms with Gasteiger partial charge in [-0.25, -0.2) is 4.98 Å². The fraction of sp³-hybridized carbons (Fsp3) is 0.615. The number of nitrogens with zero attached hydrogens (tertiary/aromatic N) is 3. The lowest BCUT2D eigenvalue weighted by Crippen LogP contribution is -2.47. The van der Waals surface area contributed by atoms with Crippen LogP contribution in [0.25, 0.3) is 11.2 Å². The van der Waals surface area contributed by atoms with Gasteiger partial charge in [0.25, 0.3) is 5.56 Å². The van der Waals surface area contributed by atoms with E-state index >= 15 is 0 Å². The zero-order valence-electron chi connectivity index (χ0n) is 13.4. The van der Waals surface area contributed by atoms with Crippen molar-refractivity contribution in [2.45, 2.75) is 25.2 Å². The molecule has 0 aromatic carbocycles. The van der Waals surface area contributed by atoms with E-state index in [9.17, 15) is 24.5 Å². The molecular formula is C13H20N5O6P. The number of fused-ring (bicyclic) bond motifs is 1. The van der Waals surface area contributed by atoms with Crippen LogP contribution in [0.4, 0.5) is 5.95 Å². The highest BCUT2D eigenvalue weighted by atomic mass is 31.2. The Labute approximate surface area is 142 Å². The van der Waals surface area contributed by atoms with Crippen LogP contribution in [0.15, 0.2) is 11.1 Å². The number of imidazole rings is 1. The molecule has 2 heterocycles. The molecule has 2 aromatic heterocycles. The van der Waals surface area contributed by atoms with Crippen LogP contribution in [0, 0.1) is 11.8 Å². The molecular weight excluding hydrogens is 353 g/mol. The van der Waals surface area contributed by atoms with E-state index in [0.29, 0.717) is 6.42 Å². The quantitative estimate of drug-likeness (QED) is 0.414. The summed E-state index contributed by atoms with van der Waals surface area (Å²) in [6.07, 6.45) is 1.79. The summed E-state index contributed by atoms with van der Waals surface area (Å²) >= 11 is 0. The van der Waals surface area contributed by atoms with E-state index in [1.165, 1.54) is 10.9 Å². The van der Waals surface area contributed by atoms with Crippen molar-refractivity contribution >= 4 is 24.7 Å². The lowest BCUT2D eigenvalue weighted by Gasteiger charge is -2.47. The Balaban J connectivity index is 2.00. The van der Waals surface area contributed by atoms with E-state index in [4.69, 9.17) is 10.3 Å². The van der Waals surface area contributed by atoms with Crippen LogP contribution in [0.1, 0.15) is 19.4 Å². The fourth-order valence-electron chi connectivity index (χ4n) is 3.34. The van der Waals surface area contributed by atoms with Crippen molar-refractivity contribution in [1.29, 1.82) is 0 Å². The van der Waals surface area contributed by atoms with Crippen LogP contribution in [-0.2, 0) is 9.09 Å². The highest BCUT2D eigenvalue weighted by molar-refractivity contribution is 7.53. The van der Waals surface area contributed by atoms with E-state index in [1.54, 1.807) is 6.92 Å². The molecule has 0 radical (unpaired) electrons. The summed E-state index contributed by atoms with van der Waals surface area (Å²) in [6.45, 7) is 1.25. The van der Waals surface area contributed by atoms with Gasteiger partial charge in [-0.15, -0.1) is 0 Å². The average Bonchev–Trinajstić information content (AvgIpc) is 2.90. The van der Waals surface area contributed by atoms with Crippen molar-refractivity contribution in [3.8, 4) is 0 Å². The first-order valence-corrected chi connectivity index (χ1v) is 9.43. The monoisotopic (exact) mass is 373 g/mol. The molecule has 12 heteroatoms. The number of nitrogen functional groups attached to an aromatic ring is 1. The first-order valence-electron chi connectivity index (χ1n) is 7.78. The zero-order chi connectivity index (χ0) is 18.4. The molecule has 25 heavy (non-hydrogen) atoms. The maximum absolute atomic E-state index is 12.2. The summed E-state index contributed by atoms with van der Waals surface area (Å²) in [5.74, 6) is -2.92. The van der Waals surface area contributed by atoms with Gasteiger partial charge < -0.3 is 29.9 Å². The molecule has 5 unspecified atom stereocenters. The average molecular weight is 373 g/mol. The minimum atomic E-state index is -4.28. The number of aromatic nitrogens is 4. The summed E-state index contributed by atoms with van der Waals surface area (Å²) in [5, 5.41) is 19.9. The van der Waals surface area contributed by atoms with E-state index in [-0.39, 0.29) is 30.3 Å². The Bertz CT molecular complexity index is 881. The molecule has 6 N–H and O–H groups in total. The molecule has 0 saturated heterocycles. The van der Waals surface area contributed by atoms with E-state index < -0.39 is 36.9 Å². The maximum atomic E-state index is 12.2. The minimum absolute atomic E-state index is 0.0342. The third kappa shape index (κ3) is 2.98. The predicted molar refractivity (Wildman–Crippen MR) is 87.7 cm³/mol. The van der Waals surface area contributed by atoms with Crippen molar-refractivity contribution in [3.05, 3.63) is 16.7 Å². The third-order valence-electron chi connectivity index (χ3n) is 4.57. The van der Waals surface area contributed by atoms with Gasteiger partial charge in [0.15, 0.2) is 17.0 Å². The number of rotatable bonds is 6. The molecule has 0 bridgehead atoms. The lowest BCUT2D eigenvalue weighted by atomic mass is 9.69. The van der Waals surface area contributed by atoms with Gasteiger partial charge in [0.05, 0.1) is 12.9 Å². The van der Waals surface area contributed by atoms with Crippen LogP contribution in [0.3, 0.4) is 0 Å². The van der Waals surface area contributed by atoms with E-state index in [0.717, 1.165) is 0 Å². The number of H-pyrrole nitrogens is 1. The Morgan fingerprint density at radius 2 is 2.32 bits per heavy atom. The summed E-state index contributed by atoms with van der Waals surface area (Å²) in [6, 6.07) is -0.480. The van der Waals surface area contributed by atoms with Gasteiger partial charge in [-0.1, -0.05) is 0 Å². The number of hydrogen-bond acceptors (Lipinski definition) is 8. The van der Waals surface area contributed by atoms with Crippen molar-refractivity contribution in [2.75, 3.05) is 18.9 Å². The summed E-state index contributed by atoms with van der Waals surface area (Å²) in [5.41, 5.74) is 5.35. The molecule has 0 amide bonds. The molecule has 11 nitrogen and oxygen atoms in total. The normalized spacial score (nSPS) is 27.0. The number of aliphatic hydroxyl groups excluding tert-OH is 2. The second-order valence-corrected chi connectivity index (χ2v) is 7.91. The van der Waals surface area contributed by atoms with E-state index in [1.807, 2.05) is 0 Å². The number of aromatic amines is 1. The molecule has 2 aromatic rings. The smallest absolute Gasteiger partial charge is 0.356 e. The van der Waals surface area contributed by atoms with E-state index in [2.05, 4.69) is 15.0 Å². The van der Waals surface area contributed by atoms with Gasteiger partial charge in [0, 0.05) is 18.6 Å². The van der Waals surface area contributed by atoms with Crippen molar-refractivity contribution in [1.82, 2.24) is 19.5 Å². The Morgan fingerprint density at radius 3 is 2.96 bits per heavy atom. The molecule has 1 aliphatic carbocycles. The van der Waals surface area contributed by atoms with Gasteiger partial charge in [-0.2, -0.15) is 4.98 Å². The summed E-state index contributed by atoms with van der Waals surface area (Å²) in [4.78, 5) is 32.2. The number of anilines is 1. The second kappa shape index (κ2) is 6.50. The highest BCUT2D eigenvalue weighted by Gasteiger charge is 2.52. The topological polar surface area (TPSA) is 177 Å². The minimum Gasteiger partial charge on any atom is -0.396 e. The molecule has 138 valence electrons. The molecule has 0 spiro atoms. The fourth-order valence-corrected chi connectivity index (χ4v) is 4.74. The molecule has 1 aliphatic rings. The lowest BCUT2D eigenvalue weighted by molar-refractivity contribution is -0.0325. The first kappa shape index (κ1) is 18.0. The van der Waals surface area contributed by atoms with Crippen LogP contribution in [-0.4, -0.2) is 53.7 Å². The molecule has 5 atom stereocenters. The first-order chi connectivity index (χ1) is 11.8. The van der Waals surface area contributed by atoms with Crippen LogP contribution < -0.4 is 11.3 Å². The molecule has 3 rings (SSSR count). The number of hydrogen-bond donors (Lipinski definition) is 5. The largest absolute Gasteiger partial charge is 0.396 e. The zero-order valence-corrected chi connectivity index (χ0v) is 14.3. The number of aliphatic hydroxyl groups is 2. The SMILES string of the molecule is CCOP(=O)(O)C(O)C1C(CO)CC1n1cnc2c(=O)[nH]c(N)nc21. The van der Waals surface area contributed by atoms with Gasteiger partial charge in [-0.05, 0) is 19.3 Å². The standard InChI is InChI=1S/C13H20N5O6P/c1-2-24-25(22,23)12(21)8-6(4-19)3-7(8)18-5-15-9-10(18)16-13(14)17-11(9)20/h5-8,12,19,21H,2-4H2,1H3,(H,22,23)(H3,14,16,17,20). The van der Waals surface area contributed by atoms with Gasteiger partial charge in [0.2, 0.25) is 5.95 Å².